The summed E-state index contributed by atoms with van der Waals surface area (Å²) in [6, 6.07) is 16.3. The van der Waals surface area contributed by atoms with Gasteiger partial charge in [-0.25, -0.2) is 4.98 Å². The molecular formula is C20H19BrN2OS. The topological polar surface area (TPSA) is 33.2 Å². The van der Waals surface area contributed by atoms with E-state index in [0.717, 1.165) is 39.8 Å². The Labute approximate surface area is 159 Å². The number of aromatic nitrogens is 1. The first-order valence-corrected chi connectivity index (χ1v) is 10.1. The zero-order valence-electron chi connectivity index (χ0n) is 14.0. The van der Waals surface area contributed by atoms with Crippen molar-refractivity contribution in [3.05, 3.63) is 63.6 Å². The normalized spacial score (nSPS) is 15.8. The van der Waals surface area contributed by atoms with Gasteiger partial charge in [0, 0.05) is 11.5 Å². The summed E-state index contributed by atoms with van der Waals surface area (Å²) in [5, 5.41) is 0.988. The molecule has 4 rings (SSSR count). The summed E-state index contributed by atoms with van der Waals surface area (Å²) in [5.74, 6) is 0.209. The molecular weight excluding hydrogens is 396 g/mol. The highest BCUT2D eigenvalue weighted by Gasteiger charge is 2.47. The molecule has 0 atom stereocenters. The molecule has 0 saturated heterocycles. The van der Waals surface area contributed by atoms with Crippen molar-refractivity contribution in [1.82, 2.24) is 9.88 Å². The molecule has 3 aromatic rings. The van der Waals surface area contributed by atoms with Crippen molar-refractivity contribution in [2.45, 2.75) is 31.2 Å². The molecule has 0 N–H and O–H groups in total. The molecule has 1 fully saturated rings. The number of amides is 1. The number of fused-ring (bicyclic) bond motifs is 1. The number of para-hydroxylation sites is 1. The largest absolute Gasteiger partial charge is 0.338 e. The van der Waals surface area contributed by atoms with Crippen LogP contribution in [0.1, 0.15) is 29.8 Å². The smallest absolute Gasteiger partial charge is 0.233 e. The van der Waals surface area contributed by atoms with Crippen molar-refractivity contribution in [2.24, 2.45) is 0 Å². The number of carbonyl (C=O) groups excluding carboxylic acids is 1. The second-order valence-electron chi connectivity index (χ2n) is 6.68. The maximum atomic E-state index is 13.2. The SMILES string of the molecule is CN(Cc1nc2ccccc2s1)C(=O)C1(c2ccc(Br)cc2)CCC1. The van der Waals surface area contributed by atoms with E-state index in [2.05, 4.69) is 39.1 Å². The summed E-state index contributed by atoms with van der Waals surface area (Å²) < 4.78 is 2.21. The number of benzene rings is 2. The van der Waals surface area contributed by atoms with Gasteiger partial charge in [0.1, 0.15) is 5.01 Å². The lowest BCUT2D eigenvalue weighted by molar-refractivity contribution is -0.140. The molecule has 1 heterocycles. The van der Waals surface area contributed by atoms with E-state index < -0.39 is 0 Å². The fourth-order valence-corrected chi connectivity index (χ4v) is 4.84. The number of likely N-dealkylation sites (N-methyl/N-ethyl adjacent to an activating group) is 1. The summed E-state index contributed by atoms with van der Waals surface area (Å²) >= 11 is 5.14. The summed E-state index contributed by atoms with van der Waals surface area (Å²) in [6.45, 7) is 0.566. The molecule has 0 aliphatic heterocycles. The van der Waals surface area contributed by atoms with Crippen molar-refractivity contribution < 1.29 is 4.79 Å². The first kappa shape index (κ1) is 16.7. The van der Waals surface area contributed by atoms with Gasteiger partial charge in [-0.15, -0.1) is 11.3 Å². The summed E-state index contributed by atoms with van der Waals surface area (Å²) in [7, 11) is 1.90. The van der Waals surface area contributed by atoms with Crippen LogP contribution in [0.2, 0.25) is 0 Å². The molecule has 25 heavy (non-hydrogen) atoms. The van der Waals surface area contributed by atoms with E-state index in [1.165, 1.54) is 4.70 Å². The molecule has 3 nitrogen and oxygen atoms in total. The predicted molar refractivity (Wildman–Crippen MR) is 106 cm³/mol. The minimum absolute atomic E-state index is 0.209. The van der Waals surface area contributed by atoms with Crippen LogP contribution in [0.4, 0.5) is 0 Å². The minimum Gasteiger partial charge on any atom is -0.338 e. The van der Waals surface area contributed by atoms with E-state index in [4.69, 9.17) is 0 Å². The van der Waals surface area contributed by atoms with Crippen LogP contribution in [-0.2, 0) is 16.8 Å². The van der Waals surface area contributed by atoms with Gasteiger partial charge in [0.05, 0.1) is 22.2 Å². The van der Waals surface area contributed by atoms with Gasteiger partial charge in [-0.1, -0.05) is 46.6 Å². The highest BCUT2D eigenvalue weighted by Crippen LogP contribution is 2.45. The molecule has 0 bridgehead atoms. The summed E-state index contributed by atoms with van der Waals surface area (Å²) in [5.41, 5.74) is 1.78. The number of rotatable bonds is 4. The van der Waals surface area contributed by atoms with E-state index in [1.807, 2.05) is 42.3 Å². The Morgan fingerprint density at radius 2 is 1.92 bits per heavy atom. The fourth-order valence-electron chi connectivity index (χ4n) is 3.55. The molecule has 1 amide bonds. The van der Waals surface area contributed by atoms with Crippen LogP contribution in [0, 0.1) is 0 Å². The number of hydrogen-bond acceptors (Lipinski definition) is 3. The molecule has 1 aliphatic carbocycles. The van der Waals surface area contributed by atoms with Gasteiger partial charge in [0.25, 0.3) is 0 Å². The van der Waals surface area contributed by atoms with Crippen LogP contribution in [0.25, 0.3) is 10.2 Å². The Kier molecular flexibility index (Phi) is 4.38. The third kappa shape index (κ3) is 3.00. The van der Waals surface area contributed by atoms with E-state index in [1.54, 1.807) is 11.3 Å². The maximum Gasteiger partial charge on any atom is 0.233 e. The fraction of sp³-hybridized carbons (Fsp3) is 0.300. The number of halogens is 1. The predicted octanol–water partition coefficient (Wildman–Crippen LogP) is 5.14. The molecule has 1 aliphatic rings. The quantitative estimate of drug-likeness (QED) is 0.591. The molecule has 1 aromatic heterocycles. The molecule has 2 aromatic carbocycles. The Morgan fingerprint density at radius 3 is 2.56 bits per heavy atom. The van der Waals surface area contributed by atoms with Crippen LogP contribution < -0.4 is 0 Å². The van der Waals surface area contributed by atoms with Gasteiger partial charge in [-0.2, -0.15) is 0 Å². The third-order valence-corrected chi connectivity index (χ3v) is 6.62. The number of nitrogens with zero attached hydrogens (tertiary/aromatic N) is 2. The minimum atomic E-state index is -0.355. The Hall–Kier alpha value is -1.72. The van der Waals surface area contributed by atoms with Crippen LogP contribution >= 0.6 is 27.3 Å². The number of carbonyl (C=O) groups is 1. The van der Waals surface area contributed by atoms with E-state index in [9.17, 15) is 4.79 Å². The molecule has 0 spiro atoms. The first-order chi connectivity index (χ1) is 12.1. The van der Waals surface area contributed by atoms with Gasteiger partial charge in [0.15, 0.2) is 0 Å². The van der Waals surface area contributed by atoms with E-state index in [0.29, 0.717) is 6.54 Å². The van der Waals surface area contributed by atoms with Gasteiger partial charge in [-0.05, 0) is 42.7 Å². The molecule has 5 heteroatoms. The van der Waals surface area contributed by atoms with Gasteiger partial charge in [0.2, 0.25) is 5.91 Å². The highest BCUT2D eigenvalue weighted by molar-refractivity contribution is 9.10. The van der Waals surface area contributed by atoms with Gasteiger partial charge < -0.3 is 4.90 Å². The molecule has 0 unspecified atom stereocenters. The average molecular weight is 415 g/mol. The lowest BCUT2D eigenvalue weighted by Crippen LogP contribution is -2.49. The molecule has 1 saturated carbocycles. The van der Waals surface area contributed by atoms with Crippen molar-refractivity contribution in [3.63, 3.8) is 0 Å². The first-order valence-electron chi connectivity index (χ1n) is 8.44. The Balaban J connectivity index is 1.57. The molecule has 128 valence electrons. The van der Waals surface area contributed by atoms with E-state index >= 15 is 0 Å². The van der Waals surface area contributed by atoms with Crippen LogP contribution in [0.15, 0.2) is 53.0 Å². The lowest BCUT2D eigenvalue weighted by Gasteiger charge is -2.43. The van der Waals surface area contributed by atoms with Gasteiger partial charge >= 0.3 is 0 Å². The van der Waals surface area contributed by atoms with Crippen molar-refractivity contribution in [2.75, 3.05) is 7.05 Å². The van der Waals surface area contributed by atoms with Gasteiger partial charge in [-0.3, -0.25) is 4.79 Å². The Morgan fingerprint density at radius 1 is 1.20 bits per heavy atom. The van der Waals surface area contributed by atoms with Crippen LogP contribution in [0.3, 0.4) is 0 Å². The average Bonchev–Trinajstić information content (AvgIpc) is 2.97. The second-order valence-corrected chi connectivity index (χ2v) is 8.71. The summed E-state index contributed by atoms with van der Waals surface area (Å²) in [4.78, 5) is 19.8. The second kappa shape index (κ2) is 6.54. The molecule has 0 radical (unpaired) electrons. The highest BCUT2D eigenvalue weighted by atomic mass is 79.9. The van der Waals surface area contributed by atoms with E-state index in [-0.39, 0.29) is 11.3 Å². The summed E-state index contributed by atoms with van der Waals surface area (Å²) in [6.07, 6.45) is 2.96. The Bertz CT molecular complexity index is 882. The number of hydrogen-bond donors (Lipinski definition) is 0. The zero-order valence-corrected chi connectivity index (χ0v) is 16.4. The third-order valence-electron chi connectivity index (χ3n) is 5.07. The number of thiazole rings is 1. The van der Waals surface area contributed by atoms with Crippen molar-refractivity contribution in [1.29, 1.82) is 0 Å². The van der Waals surface area contributed by atoms with Crippen molar-refractivity contribution in [3.8, 4) is 0 Å². The van der Waals surface area contributed by atoms with Crippen LogP contribution in [-0.4, -0.2) is 22.8 Å². The maximum absolute atomic E-state index is 13.2. The van der Waals surface area contributed by atoms with Crippen LogP contribution in [0.5, 0.6) is 0 Å². The monoisotopic (exact) mass is 414 g/mol. The lowest BCUT2D eigenvalue weighted by atomic mass is 9.63. The van der Waals surface area contributed by atoms with Crippen molar-refractivity contribution >= 4 is 43.4 Å². The zero-order chi connectivity index (χ0) is 17.4. The standard InChI is InChI=1S/C20H19BrN2OS/c1-23(13-18-22-16-5-2-3-6-17(16)25-18)19(24)20(11-4-12-20)14-7-9-15(21)10-8-14/h2-3,5-10H,4,11-13H2,1H3.